The van der Waals surface area contributed by atoms with Crippen LogP contribution in [-0.4, -0.2) is 112 Å². The van der Waals surface area contributed by atoms with Gasteiger partial charge in [-0.3, -0.25) is 22.5 Å². The van der Waals surface area contributed by atoms with Gasteiger partial charge in [0.1, 0.15) is 15.0 Å². The number of anilines is 3. The van der Waals surface area contributed by atoms with Crippen LogP contribution in [0.4, 0.5) is 54.5 Å². The van der Waals surface area contributed by atoms with Crippen molar-refractivity contribution in [3.05, 3.63) is 179 Å². The number of nitrogens with zero attached hydrogens (tertiary/aromatic N) is 3. The highest BCUT2D eigenvalue weighted by atomic mass is 32.2. The first-order valence-corrected chi connectivity index (χ1v) is 33.3. The van der Waals surface area contributed by atoms with Crippen molar-refractivity contribution in [2.75, 3.05) is 46.8 Å². The van der Waals surface area contributed by atoms with E-state index in [9.17, 15) is 88.7 Å². The topological polar surface area (TPSA) is 236 Å². The summed E-state index contributed by atoms with van der Waals surface area (Å²) >= 11 is 2.93. The molecule has 9 aromatic rings. The molecule has 0 bridgehead atoms. The summed E-state index contributed by atoms with van der Waals surface area (Å²) in [5.41, 5.74) is 0.109. The van der Waals surface area contributed by atoms with Crippen LogP contribution >= 0.6 is 34.0 Å². The number of esters is 2. The van der Waals surface area contributed by atoms with E-state index < -0.39 is 117 Å². The number of rotatable bonds is 20. The Balaban J connectivity index is 0.000000299. The van der Waals surface area contributed by atoms with Crippen LogP contribution in [0.15, 0.2) is 166 Å². The summed E-state index contributed by atoms with van der Waals surface area (Å²) in [6, 6.07) is 35.4. The second kappa shape index (κ2) is 31.9. The van der Waals surface area contributed by atoms with E-state index in [4.69, 9.17) is 5.11 Å². The number of ketones is 2. The van der Waals surface area contributed by atoms with Crippen LogP contribution < -0.4 is 12.9 Å². The van der Waals surface area contributed by atoms with Crippen molar-refractivity contribution in [2.24, 2.45) is 0 Å². The smallest absolute Gasteiger partial charge is 0.390 e. The molecule has 512 valence electrons. The Bertz CT molecular complexity index is 4520. The summed E-state index contributed by atoms with van der Waals surface area (Å²) in [6.45, 7) is -0.138. The molecule has 0 aliphatic carbocycles. The molecule has 0 atom stereocenters. The van der Waals surface area contributed by atoms with Crippen molar-refractivity contribution < 1.29 is 103 Å². The van der Waals surface area contributed by atoms with Crippen LogP contribution in [0.5, 0.6) is 0 Å². The van der Waals surface area contributed by atoms with Gasteiger partial charge >= 0.3 is 36.4 Å². The number of Topliss-reactive ketones (excluding diaryl/α,β-unsaturated/α-hetero) is 2. The Kier molecular flexibility index (Phi) is 26.5. The fraction of sp³-hybridized carbons (Fsp3) is 0.254. The second-order valence-electron chi connectivity index (χ2n) is 19.5. The van der Waals surface area contributed by atoms with E-state index in [1.54, 1.807) is 78.9 Å². The lowest BCUT2D eigenvalue weighted by Gasteiger charge is -2.24. The molecule has 9 rings (SSSR count). The Labute approximate surface area is 553 Å². The number of carbonyl (C=O) groups excluding carboxylic acids is 4. The van der Waals surface area contributed by atoms with Gasteiger partial charge in [-0.15, -0.1) is 34.0 Å². The Morgan fingerprint density at radius 3 is 1.05 bits per heavy atom. The minimum absolute atomic E-state index is 0. The number of aromatic carboxylic acids is 1. The van der Waals surface area contributed by atoms with E-state index in [1.807, 2.05) is 0 Å². The van der Waals surface area contributed by atoms with Crippen molar-refractivity contribution in [1.29, 1.82) is 0 Å². The molecular formula is C63H62F9N3O14S6. The Hall–Kier alpha value is -8.43. The van der Waals surface area contributed by atoms with Gasteiger partial charge in [-0.2, -0.15) is 39.5 Å². The van der Waals surface area contributed by atoms with Crippen LogP contribution in [-0.2, 0) is 39.5 Å². The van der Waals surface area contributed by atoms with Crippen molar-refractivity contribution >= 4 is 139 Å². The third-order valence-electron chi connectivity index (χ3n) is 13.2. The van der Waals surface area contributed by atoms with E-state index in [0.29, 0.717) is 28.8 Å². The number of carbonyl (C=O) groups is 5. The summed E-state index contributed by atoms with van der Waals surface area (Å²) < 4.78 is 209. The van der Waals surface area contributed by atoms with Crippen LogP contribution in [0.3, 0.4) is 0 Å². The first-order valence-electron chi connectivity index (χ1n) is 26.5. The van der Waals surface area contributed by atoms with Crippen LogP contribution in [0.1, 0.15) is 107 Å². The van der Waals surface area contributed by atoms with Gasteiger partial charge in [0.05, 0.1) is 76.0 Å². The maximum absolute atomic E-state index is 13.4. The van der Waals surface area contributed by atoms with Gasteiger partial charge in [0.2, 0.25) is 0 Å². The number of hydrogen-bond donors (Lipinski definition) is 1. The van der Waals surface area contributed by atoms with Gasteiger partial charge in [-0.1, -0.05) is 76.9 Å². The number of carboxylic acid groups (broad SMARTS) is 1. The molecular weight excluding hydrogens is 1390 g/mol. The lowest BCUT2D eigenvalue weighted by atomic mass is 10.1. The number of sulfonamides is 3. The minimum Gasteiger partial charge on any atom is -0.478 e. The molecule has 6 aromatic carbocycles. The predicted octanol–water partition coefficient (Wildman–Crippen LogP) is 16.7. The number of ether oxygens (including phenoxy) is 2. The molecule has 0 saturated heterocycles. The summed E-state index contributed by atoms with van der Waals surface area (Å²) in [6.07, 6.45) is -17.9. The fourth-order valence-electron chi connectivity index (χ4n) is 8.80. The van der Waals surface area contributed by atoms with Crippen molar-refractivity contribution in [2.45, 2.75) is 88.6 Å². The maximum Gasteiger partial charge on any atom is 0.390 e. The summed E-state index contributed by atoms with van der Waals surface area (Å²) in [5.74, 6) is -3.56. The molecule has 3 aromatic heterocycles. The van der Waals surface area contributed by atoms with Gasteiger partial charge in [0.15, 0.2) is 11.6 Å². The zero-order chi connectivity index (χ0) is 67.9. The number of benzene rings is 6. The van der Waals surface area contributed by atoms with Gasteiger partial charge in [0, 0.05) is 44.5 Å². The van der Waals surface area contributed by atoms with Crippen LogP contribution in [0, 0.1) is 0 Å². The Morgan fingerprint density at radius 1 is 0.432 bits per heavy atom. The number of alkyl halides is 9. The van der Waals surface area contributed by atoms with Crippen LogP contribution in [0.2, 0.25) is 0 Å². The van der Waals surface area contributed by atoms with Gasteiger partial charge in [-0.05, 0) is 116 Å². The number of methoxy groups -OCH3 is 2. The Morgan fingerprint density at radius 2 is 0.737 bits per heavy atom. The molecule has 0 amide bonds. The number of fused-ring (bicyclic) bond motifs is 3. The highest BCUT2D eigenvalue weighted by Gasteiger charge is 2.38. The average molecular weight is 1450 g/mol. The molecule has 0 aliphatic rings. The lowest BCUT2D eigenvalue weighted by molar-refractivity contribution is -0.132. The first kappa shape index (κ1) is 79.0. The number of halogens is 9. The zero-order valence-corrected chi connectivity index (χ0v) is 53.0. The number of carboxylic acids is 1. The van der Waals surface area contributed by atoms with Gasteiger partial charge in [-0.25, -0.2) is 39.6 Å². The third kappa shape index (κ3) is 19.2. The van der Waals surface area contributed by atoms with E-state index in [-0.39, 0.29) is 79.8 Å². The lowest BCUT2D eigenvalue weighted by Crippen LogP contribution is -2.34. The van der Waals surface area contributed by atoms with Crippen LogP contribution in [0.25, 0.3) is 30.3 Å². The molecule has 0 saturated carbocycles. The monoisotopic (exact) mass is 1450 g/mol. The average Bonchev–Trinajstić information content (AvgIpc) is 1.67. The van der Waals surface area contributed by atoms with Gasteiger partial charge < -0.3 is 14.6 Å². The minimum atomic E-state index is -4.63. The molecule has 1 N–H and O–H groups in total. The van der Waals surface area contributed by atoms with Crippen molar-refractivity contribution in [1.82, 2.24) is 0 Å². The highest BCUT2D eigenvalue weighted by molar-refractivity contribution is 7.93. The van der Waals surface area contributed by atoms with Gasteiger partial charge in [0.25, 0.3) is 30.1 Å². The molecule has 95 heavy (non-hydrogen) atoms. The van der Waals surface area contributed by atoms with Crippen molar-refractivity contribution in [3.8, 4) is 0 Å². The summed E-state index contributed by atoms with van der Waals surface area (Å²) in [4.78, 5) is 58.0. The largest absolute Gasteiger partial charge is 0.478 e. The highest BCUT2D eigenvalue weighted by Crippen LogP contribution is 2.44. The second-order valence-corrected chi connectivity index (χ2v) is 28.2. The predicted molar refractivity (Wildman–Crippen MR) is 350 cm³/mol. The van der Waals surface area contributed by atoms with Crippen molar-refractivity contribution in [3.63, 3.8) is 0 Å². The molecule has 0 aliphatic heterocycles. The molecule has 0 fully saturated rings. The summed E-state index contributed by atoms with van der Waals surface area (Å²) in [7, 11) is -10.9. The van der Waals surface area contributed by atoms with E-state index >= 15 is 0 Å². The first-order chi connectivity index (χ1) is 43.0. The molecule has 32 heteroatoms. The SMILES string of the molecule is C.C.C.CC(=O)c1c(N(CCC(F)(F)F)S(=O)(=O)c2ccc(C(=O)O)cc2)sc2ccccc12.COC(=O)c1ccc(S(=O)(=O)N(CCC(F)(F)F)c2cc3ccccc3s2)cc1.COC(=O)c1ccc(S(=O)(=O)N(CCC(F)(F)F)c2sc3ccccc3c2C(C)=O)cc1. The molecule has 0 unspecified atom stereocenters. The van der Waals surface area contributed by atoms with E-state index in [0.717, 1.165) is 91.9 Å². The van der Waals surface area contributed by atoms with E-state index in [2.05, 4.69) is 9.47 Å². The molecule has 0 radical (unpaired) electrons. The maximum atomic E-state index is 13.4. The zero-order valence-electron chi connectivity index (χ0n) is 48.1. The van der Waals surface area contributed by atoms with E-state index in [1.165, 1.54) is 57.4 Å². The standard InChI is InChI=1S/C21H18F3NO5S2.C20H16F3NO5S2.C19H16F3NO4S2.3CH4/c1-13(26)18-16-5-3-4-6-17(16)31-19(18)25(12-11-21(22,23)24)32(28,29)15-9-7-14(8-10-15)20(27)30-2;1-12(25)17-15-4-2-3-5-16(15)30-18(17)24(11-10-20(21,22)23)31(28,29)14-8-6-13(7-9-14)19(26)27;1-27-18(24)13-6-8-15(9-7-13)29(25,26)23(11-10-19(20,21)22)17-12-14-4-2-3-5-16(14)28-17;;;/h3-10H,11-12H2,1-2H3;2-9H,10-11H2,1H3,(H,26,27);2-9,12H,10-11H2,1H3;3*1H4. The number of thiophene rings is 3. The molecule has 3 heterocycles. The third-order valence-corrected chi connectivity index (χ3v) is 22.5. The quantitative estimate of drug-likeness (QED) is 0.0424. The normalized spacial score (nSPS) is 11.7. The fourth-order valence-corrected chi connectivity index (χ4v) is 17.5. The number of hydrogen-bond acceptors (Lipinski definition) is 16. The summed E-state index contributed by atoms with van der Waals surface area (Å²) in [5, 5.41) is 10.6. The molecule has 17 nitrogen and oxygen atoms in total. The molecule has 0 spiro atoms.